The lowest BCUT2D eigenvalue weighted by molar-refractivity contribution is -0.911. The minimum atomic E-state index is -0.876. The van der Waals surface area contributed by atoms with Crippen molar-refractivity contribution >= 4 is 0 Å². The maximum absolute atomic E-state index is 10.6. The first-order chi connectivity index (χ1) is 12.0. The fourth-order valence-corrected chi connectivity index (χ4v) is 4.02. The SMILES string of the molecule is CCCCCCCCCCCCCCCCC1(O)C[N+](C)(C)CCO1.[I-]. The Morgan fingerprint density at radius 2 is 1.19 bits per heavy atom. The molecular formula is C22H46INO2. The zero-order valence-corrected chi connectivity index (χ0v) is 20.1. The van der Waals surface area contributed by atoms with Crippen molar-refractivity contribution in [1.82, 2.24) is 0 Å². The minimum Gasteiger partial charge on any atom is -1.00 e. The molecule has 0 amide bonds. The van der Waals surface area contributed by atoms with E-state index in [9.17, 15) is 5.11 Å². The third-order valence-corrected chi connectivity index (χ3v) is 5.66. The quantitative estimate of drug-likeness (QED) is 0.221. The van der Waals surface area contributed by atoms with Gasteiger partial charge < -0.3 is 38.3 Å². The van der Waals surface area contributed by atoms with Gasteiger partial charge >= 0.3 is 0 Å². The number of morpholine rings is 1. The number of likely N-dealkylation sites (N-methyl/N-ethyl adjacent to an activating group) is 1. The van der Waals surface area contributed by atoms with Gasteiger partial charge in [0.2, 0.25) is 5.79 Å². The largest absolute Gasteiger partial charge is 1.00 e. The van der Waals surface area contributed by atoms with E-state index in [0.717, 1.165) is 30.4 Å². The molecule has 3 nitrogen and oxygen atoms in total. The third-order valence-electron chi connectivity index (χ3n) is 5.66. The number of aliphatic hydroxyl groups is 1. The summed E-state index contributed by atoms with van der Waals surface area (Å²) in [6.07, 6.45) is 20.0. The molecule has 0 aromatic heterocycles. The zero-order valence-electron chi connectivity index (χ0n) is 17.9. The van der Waals surface area contributed by atoms with Crippen LogP contribution in [-0.2, 0) is 4.74 Å². The average molecular weight is 484 g/mol. The van der Waals surface area contributed by atoms with Crippen LogP contribution in [0.15, 0.2) is 0 Å². The molecule has 1 aliphatic rings. The maximum Gasteiger partial charge on any atom is 0.216 e. The van der Waals surface area contributed by atoms with Gasteiger partial charge in [-0.15, -0.1) is 0 Å². The lowest BCUT2D eigenvalue weighted by atomic mass is 10.0. The summed E-state index contributed by atoms with van der Waals surface area (Å²) in [7, 11) is 4.36. The predicted octanol–water partition coefficient (Wildman–Crippen LogP) is 2.66. The fraction of sp³-hybridized carbons (Fsp3) is 1.00. The van der Waals surface area contributed by atoms with Crippen molar-refractivity contribution in [1.29, 1.82) is 0 Å². The van der Waals surface area contributed by atoms with Crippen LogP contribution in [0.4, 0.5) is 0 Å². The van der Waals surface area contributed by atoms with Crippen LogP contribution in [-0.4, -0.2) is 49.2 Å². The molecule has 0 aromatic rings. The molecule has 26 heavy (non-hydrogen) atoms. The summed E-state index contributed by atoms with van der Waals surface area (Å²) < 4.78 is 6.52. The molecule has 0 radical (unpaired) electrons. The first-order valence-electron chi connectivity index (χ1n) is 11.2. The number of ether oxygens (including phenoxy) is 1. The summed E-state index contributed by atoms with van der Waals surface area (Å²) in [5.41, 5.74) is 0. The Morgan fingerprint density at radius 3 is 1.62 bits per heavy atom. The van der Waals surface area contributed by atoms with E-state index >= 15 is 0 Å². The first kappa shape index (κ1) is 26.6. The Hall–Kier alpha value is 0.610. The van der Waals surface area contributed by atoms with E-state index in [0.29, 0.717) is 6.61 Å². The van der Waals surface area contributed by atoms with E-state index in [-0.39, 0.29) is 24.0 Å². The summed E-state index contributed by atoms with van der Waals surface area (Å²) in [6.45, 7) is 4.69. The van der Waals surface area contributed by atoms with Crippen LogP contribution in [0.2, 0.25) is 0 Å². The second kappa shape index (κ2) is 15.5. The van der Waals surface area contributed by atoms with Gasteiger partial charge in [-0.1, -0.05) is 90.4 Å². The summed E-state index contributed by atoms with van der Waals surface area (Å²) >= 11 is 0. The zero-order chi connectivity index (χ0) is 18.4. The molecule has 1 saturated heterocycles. The number of halogens is 1. The third kappa shape index (κ3) is 13.7. The van der Waals surface area contributed by atoms with Crippen molar-refractivity contribution in [2.75, 3.05) is 33.8 Å². The number of hydrogen-bond donors (Lipinski definition) is 1. The molecule has 4 heteroatoms. The molecule has 0 saturated carbocycles. The van der Waals surface area contributed by atoms with E-state index in [1.807, 2.05) is 0 Å². The van der Waals surface area contributed by atoms with Gasteiger partial charge in [0.15, 0.2) is 0 Å². The maximum atomic E-state index is 10.6. The summed E-state index contributed by atoms with van der Waals surface area (Å²) in [4.78, 5) is 0. The highest BCUT2D eigenvalue weighted by atomic mass is 127. The topological polar surface area (TPSA) is 29.5 Å². The van der Waals surface area contributed by atoms with Crippen molar-refractivity contribution < 1.29 is 38.3 Å². The molecular weight excluding hydrogens is 437 g/mol. The van der Waals surface area contributed by atoms with Gasteiger partial charge in [0, 0.05) is 6.42 Å². The van der Waals surface area contributed by atoms with Crippen molar-refractivity contribution in [3.8, 4) is 0 Å². The first-order valence-corrected chi connectivity index (χ1v) is 11.2. The van der Waals surface area contributed by atoms with Crippen LogP contribution in [0.3, 0.4) is 0 Å². The monoisotopic (exact) mass is 483 g/mol. The number of quaternary nitrogens is 1. The lowest BCUT2D eigenvalue weighted by Gasteiger charge is -2.42. The Labute approximate surface area is 180 Å². The number of hydrogen-bond acceptors (Lipinski definition) is 2. The highest BCUT2D eigenvalue weighted by Gasteiger charge is 2.39. The molecule has 158 valence electrons. The standard InChI is InChI=1S/C22H46NO2.HI/c1-4-5-6-7-8-9-10-11-12-13-14-15-16-17-18-22(24)21-23(2,3)19-20-25-22;/h24H,4-21H2,1-3H3;1H/q+1;/p-1. The molecule has 1 rings (SSSR count). The number of unbranched alkanes of at least 4 members (excludes halogenated alkanes) is 13. The summed E-state index contributed by atoms with van der Waals surface area (Å²) in [5.74, 6) is -0.876. The Balaban J connectivity index is 0.00000625. The molecule has 1 aliphatic heterocycles. The van der Waals surface area contributed by atoms with Gasteiger partial charge in [-0.05, 0) is 6.42 Å². The van der Waals surface area contributed by atoms with E-state index < -0.39 is 5.79 Å². The van der Waals surface area contributed by atoms with Crippen molar-refractivity contribution in [3.05, 3.63) is 0 Å². The van der Waals surface area contributed by atoms with Crippen molar-refractivity contribution in [3.63, 3.8) is 0 Å². The highest BCUT2D eigenvalue weighted by molar-refractivity contribution is 4.70. The second-order valence-corrected chi connectivity index (χ2v) is 8.96. The van der Waals surface area contributed by atoms with Gasteiger partial charge in [0.05, 0.1) is 20.7 Å². The van der Waals surface area contributed by atoms with Crippen LogP contribution in [0, 0.1) is 0 Å². The smallest absolute Gasteiger partial charge is 0.216 e. The van der Waals surface area contributed by atoms with E-state index in [4.69, 9.17) is 4.74 Å². The molecule has 1 fully saturated rings. The predicted molar refractivity (Wildman–Crippen MR) is 108 cm³/mol. The van der Waals surface area contributed by atoms with Crippen molar-refractivity contribution in [2.24, 2.45) is 0 Å². The average Bonchev–Trinajstić information content (AvgIpc) is 2.54. The molecule has 0 spiro atoms. The molecule has 0 aliphatic carbocycles. The van der Waals surface area contributed by atoms with Gasteiger partial charge in [-0.3, -0.25) is 0 Å². The van der Waals surface area contributed by atoms with E-state index in [2.05, 4.69) is 21.0 Å². The molecule has 0 aromatic carbocycles. The van der Waals surface area contributed by atoms with Crippen LogP contribution in [0.1, 0.15) is 103 Å². The van der Waals surface area contributed by atoms with Crippen LogP contribution in [0.25, 0.3) is 0 Å². The molecule has 1 atom stereocenters. The van der Waals surface area contributed by atoms with E-state index in [1.165, 1.54) is 83.5 Å². The van der Waals surface area contributed by atoms with Crippen LogP contribution < -0.4 is 24.0 Å². The Bertz CT molecular complexity index is 325. The van der Waals surface area contributed by atoms with Crippen molar-refractivity contribution in [2.45, 2.75) is 109 Å². The number of rotatable bonds is 15. The van der Waals surface area contributed by atoms with Gasteiger partial charge in [0.1, 0.15) is 13.1 Å². The highest BCUT2D eigenvalue weighted by Crippen LogP contribution is 2.24. The lowest BCUT2D eigenvalue weighted by Crippen LogP contribution is -3.00. The number of nitrogens with zero attached hydrogens (tertiary/aromatic N) is 1. The molecule has 0 bridgehead atoms. The Morgan fingerprint density at radius 1 is 0.769 bits per heavy atom. The van der Waals surface area contributed by atoms with Gasteiger partial charge in [-0.2, -0.15) is 0 Å². The summed E-state index contributed by atoms with van der Waals surface area (Å²) in [5, 5.41) is 10.6. The molecule has 1 unspecified atom stereocenters. The van der Waals surface area contributed by atoms with Crippen LogP contribution >= 0.6 is 0 Å². The summed E-state index contributed by atoms with van der Waals surface area (Å²) in [6, 6.07) is 0. The van der Waals surface area contributed by atoms with Crippen LogP contribution in [0.5, 0.6) is 0 Å². The van der Waals surface area contributed by atoms with Gasteiger partial charge in [-0.25, -0.2) is 0 Å². The molecule has 1 heterocycles. The fourth-order valence-electron chi connectivity index (χ4n) is 4.02. The van der Waals surface area contributed by atoms with E-state index in [1.54, 1.807) is 0 Å². The second-order valence-electron chi connectivity index (χ2n) is 8.96. The van der Waals surface area contributed by atoms with Gasteiger partial charge in [0.25, 0.3) is 0 Å². The Kier molecular flexibility index (Phi) is 15.9. The minimum absolute atomic E-state index is 0. The normalized spacial score (nSPS) is 22.2. The molecule has 1 N–H and O–H groups in total.